The van der Waals surface area contributed by atoms with Gasteiger partial charge >= 0.3 is 0 Å². The number of aryl methyl sites for hydroxylation is 2. The van der Waals surface area contributed by atoms with E-state index in [1.165, 1.54) is 0 Å². The van der Waals surface area contributed by atoms with Crippen molar-refractivity contribution < 1.29 is 4.79 Å². The number of aromatic nitrogens is 2. The van der Waals surface area contributed by atoms with Crippen LogP contribution in [0, 0.1) is 13.8 Å². The number of amides is 1. The molecule has 0 spiro atoms. The Hall–Kier alpha value is -2.69. The standard InChI is InChI=1S/C16H18N4O/c1-4-8-17-16(21)14-10-15(19-12(3)18-14)20-13-7-5-6-11(2)9-13/h4-7,9-10H,1,8H2,2-3H3,(H,17,21)(H,18,19,20). The average Bonchev–Trinajstić information content (AvgIpc) is 2.44. The first-order chi connectivity index (χ1) is 10.1. The number of nitrogens with one attached hydrogen (secondary N) is 2. The molecule has 0 saturated heterocycles. The molecule has 0 aliphatic carbocycles. The number of rotatable bonds is 5. The van der Waals surface area contributed by atoms with Gasteiger partial charge in [-0.1, -0.05) is 18.2 Å². The Balaban J connectivity index is 2.22. The van der Waals surface area contributed by atoms with Crippen LogP contribution < -0.4 is 10.6 Å². The van der Waals surface area contributed by atoms with Crippen molar-refractivity contribution in [3.8, 4) is 0 Å². The minimum Gasteiger partial charge on any atom is -0.347 e. The molecule has 108 valence electrons. The highest BCUT2D eigenvalue weighted by atomic mass is 16.1. The molecule has 0 aliphatic rings. The molecule has 0 bridgehead atoms. The van der Waals surface area contributed by atoms with E-state index in [1.54, 1.807) is 19.1 Å². The molecule has 0 unspecified atom stereocenters. The number of nitrogens with zero attached hydrogens (tertiary/aromatic N) is 2. The number of anilines is 2. The molecule has 0 atom stereocenters. The zero-order valence-corrected chi connectivity index (χ0v) is 12.2. The summed E-state index contributed by atoms with van der Waals surface area (Å²) in [7, 11) is 0. The molecule has 2 aromatic rings. The maximum absolute atomic E-state index is 11.9. The van der Waals surface area contributed by atoms with Crippen molar-refractivity contribution in [2.24, 2.45) is 0 Å². The molecular formula is C16H18N4O. The fourth-order valence-corrected chi connectivity index (χ4v) is 1.87. The predicted molar refractivity (Wildman–Crippen MR) is 83.8 cm³/mol. The van der Waals surface area contributed by atoms with Crippen molar-refractivity contribution in [2.75, 3.05) is 11.9 Å². The Morgan fingerprint density at radius 3 is 2.81 bits per heavy atom. The number of benzene rings is 1. The second-order valence-electron chi connectivity index (χ2n) is 4.68. The van der Waals surface area contributed by atoms with Gasteiger partial charge in [0.05, 0.1) is 0 Å². The Kier molecular flexibility index (Phi) is 4.66. The maximum Gasteiger partial charge on any atom is 0.270 e. The van der Waals surface area contributed by atoms with Crippen molar-refractivity contribution in [2.45, 2.75) is 13.8 Å². The molecule has 1 aromatic heterocycles. The molecule has 5 nitrogen and oxygen atoms in total. The van der Waals surface area contributed by atoms with Crippen LogP contribution in [0.25, 0.3) is 0 Å². The van der Waals surface area contributed by atoms with E-state index in [1.807, 2.05) is 31.2 Å². The molecule has 1 aromatic carbocycles. The zero-order valence-electron chi connectivity index (χ0n) is 12.2. The smallest absolute Gasteiger partial charge is 0.270 e. The Morgan fingerprint density at radius 1 is 1.29 bits per heavy atom. The van der Waals surface area contributed by atoms with E-state index in [0.717, 1.165) is 11.3 Å². The molecule has 0 saturated carbocycles. The van der Waals surface area contributed by atoms with Gasteiger partial charge in [0.25, 0.3) is 5.91 Å². The zero-order chi connectivity index (χ0) is 15.2. The summed E-state index contributed by atoms with van der Waals surface area (Å²) in [5.41, 5.74) is 2.40. The van der Waals surface area contributed by atoms with Crippen molar-refractivity contribution >= 4 is 17.4 Å². The highest BCUT2D eigenvalue weighted by Gasteiger charge is 2.09. The third kappa shape index (κ3) is 4.14. The summed E-state index contributed by atoms with van der Waals surface area (Å²) in [5.74, 6) is 0.890. The topological polar surface area (TPSA) is 66.9 Å². The van der Waals surface area contributed by atoms with Crippen LogP contribution in [-0.4, -0.2) is 22.4 Å². The minimum atomic E-state index is -0.243. The summed E-state index contributed by atoms with van der Waals surface area (Å²) in [4.78, 5) is 20.4. The Labute approximate surface area is 124 Å². The normalized spacial score (nSPS) is 10.0. The monoisotopic (exact) mass is 282 g/mol. The maximum atomic E-state index is 11.9. The number of hydrogen-bond donors (Lipinski definition) is 2. The summed E-state index contributed by atoms with van der Waals surface area (Å²) in [5, 5.41) is 5.89. The minimum absolute atomic E-state index is 0.243. The van der Waals surface area contributed by atoms with E-state index in [9.17, 15) is 4.79 Å². The third-order valence-electron chi connectivity index (χ3n) is 2.77. The van der Waals surface area contributed by atoms with Crippen molar-refractivity contribution in [1.29, 1.82) is 0 Å². The Morgan fingerprint density at radius 2 is 2.10 bits per heavy atom. The van der Waals surface area contributed by atoms with Gasteiger partial charge in [0, 0.05) is 18.3 Å². The fraction of sp³-hybridized carbons (Fsp3) is 0.188. The molecule has 21 heavy (non-hydrogen) atoms. The van der Waals surface area contributed by atoms with Crippen LogP contribution in [0.5, 0.6) is 0 Å². The summed E-state index contributed by atoms with van der Waals surface area (Å²) in [6.45, 7) is 7.75. The van der Waals surface area contributed by atoms with Gasteiger partial charge in [-0.3, -0.25) is 4.79 Å². The second kappa shape index (κ2) is 6.65. The molecule has 1 heterocycles. The van der Waals surface area contributed by atoms with Gasteiger partial charge in [-0.15, -0.1) is 6.58 Å². The fourth-order valence-electron chi connectivity index (χ4n) is 1.87. The van der Waals surface area contributed by atoms with E-state index in [4.69, 9.17) is 0 Å². The van der Waals surface area contributed by atoms with Crippen LogP contribution in [0.4, 0.5) is 11.5 Å². The highest BCUT2D eigenvalue weighted by Crippen LogP contribution is 2.16. The summed E-state index contributed by atoms with van der Waals surface area (Å²) in [6.07, 6.45) is 1.62. The highest BCUT2D eigenvalue weighted by molar-refractivity contribution is 5.93. The average molecular weight is 282 g/mol. The van der Waals surface area contributed by atoms with Gasteiger partial charge in [-0.2, -0.15) is 0 Å². The Bertz CT molecular complexity index is 667. The summed E-state index contributed by atoms with van der Waals surface area (Å²) >= 11 is 0. The molecule has 0 radical (unpaired) electrons. The van der Waals surface area contributed by atoms with Crippen LogP contribution in [0.1, 0.15) is 21.9 Å². The molecule has 0 fully saturated rings. The van der Waals surface area contributed by atoms with Gasteiger partial charge < -0.3 is 10.6 Å². The van der Waals surface area contributed by atoms with Crippen LogP contribution >= 0.6 is 0 Å². The molecule has 2 N–H and O–H groups in total. The van der Waals surface area contributed by atoms with E-state index in [2.05, 4.69) is 27.2 Å². The lowest BCUT2D eigenvalue weighted by atomic mass is 10.2. The van der Waals surface area contributed by atoms with E-state index in [0.29, 0.717) is 23.9 Å². The first kappa shape index (κ1) is 14.7. The lowest BCUT2D eigenvalue weighted by Gasteiger charge is -2.09. The lowest BCUT2D eigenvalue weighted by molar-refractivity contribution is 0.0952. The van der Waals surface area contributed by atoms with Crippen LogP contribution in [-0.2, 0) is 0 Å². The van der Waals surface area contributed by atoms with Gasteiger partial charge in [-0.05, 0) is 31.5 Å². The summed E-state index contributed by atoms with van der Waals surface area (Å²) in [6, 6.07) is 9.57. The largest absolute Gasteiger partial charge is 0.347 e. The van der Waals surface area contributed by atoms with E-state index >= 15 is 0 Å². The second-order valence-corrected chi connectivity index (χ2v) is 4.68. The molecule has 0 aliphatic heterocycles. The first-order valence-corrected chi connectivity index (χ1v) is 6.67. The van der Waals surface area contributed by atoms with Crippen molar-refractivity contribution in [3.63, 3.8) is 0 Å². The van der Waals surface area contributed by atoms with Gasteiger partial charge in [-0.25, -0.2) is 9.97 Å². The quantitative estimate of drug-likeness (QED) is 0.827. The van der Waals surface area contributed by atoms with Crippen molar-refractivity contribution in [3.05, 3.63) is 60.1 Å². The van der Waals surface area contributed by atoms with E-state index in [-0.39, 0.29) is 5.91 Å². The number of carbonyl (C=O) groups excluding carboxylic acids is 1. The first-order valence-electron chi connectivity index (χ1n) is 6.67. The van der Waals surface area contributed by atoms with Crippen LogP contribution in [0.15, 0.2) is 43.0 Å². The molecular weight excluding hydrogens is 264 g/mol. The van der Waals surface area contributed by atoms with Gasteiger partial charge in [0.2, 0.25) is 0 Å². The summed E-state index contributed by atoms with van der Waals surface area (Å²) < 4.78 is 0. The van der Waals surface area contributed by atoms with Crippen molar-refractivity contribution in [1.82, 2.24) is 15.3 Å². The third-order valence-corrected chi connectivity index (χ3v) is 2.77. The van der Waals surface area contributed by atoms with Gasteiger partial charge in [0.15, 0.2) is 0 Å². The lowest BCUT2D eigenvalue weighted by Crippen LogP contribution is -2.24. The molecule has 5 heteroatoms. The molecule has 2 rings (SSSR count). The number of hydrogen-bond acceptors (Lipinski definition) is 4. The van der Waals surface area contributed by atoms with E-state index < -0.39 is 0 Å². The number of carbonyl (C=O) groups is 1. The molecule has 1 amide bonds. The SMILES string of the molecule is C=CCNC(=O)c1cc(Nc2cccc(C)c2)nc(C)n1. The van der Waals surface area contributed by atoms with Crippen LogP contribution in [0.2, 0.25) is 0 Å². The van der Waals surface area contributed by atoms with Gasteiger partial charge in [0.1, 0.15) is 17.3 Å². The predicted octanol–water partition coefficient (Wildman–Crippen LogP) is 2.75. The van der Waals surface area contributed by atoms with Crippen LogP contribution in [0.3, 0.4) is 0 Å².